The number of aliphatic hydroxyl groups excluding tert-OH is 1. The molecule has 1 aromatic heterocycles. The van der Waals surface area contributed by atoms with Gasteiger partial charge in [0, 0.05) is 44.6 Å². The first-order chi connectivity index (χ1) is 12.3. The van der Waals surface area contributed by atoms with E-state index in [2.05, 4.69) is 20.6 Å². The highest BCUT2D eigenvalue weighted by atomic mass is 127. The van der Waals surface area contributed by atoms with Crippen molar-refractivity contribution in [3.63, 3.8) is 0 Å². The van der Waals surface area contributed by atoms with Crippen molar-refractivity contribution in [3.8, 4) is 0 Å². The van der Waals surface area contributed by atoms with E-state index in [0.29, 0.717) is 18.4 Å². The summed E-state index contributed by atoms with van der Waals surface area (Å²) in [7, 11) is 0. The number of nitrogens with one attached hydrogen (secondary N) is 2. The molecule has 8 heteroatoms. The minimum Gasteiger partial charge on any atom is -0.386 e. The molecule has 1 aliphatic rings. The Morgan fingerprint density at radius 1 is 1.42 bits per heavy atom. The van der Waals surface area contributed by atoms with Crippen molar-refractivity contribution in [2.24, 2.45) is 10.9 Å². The van der Waals surface area contributed by atoms with E-state index in [9.17, 15) is 5.11 Å². The molecule has 1 fully saturated rings. The molecule has 0 aliphatic carbocycles. The second-order valence-electron chi connectivity index (χ2n) is 6.10. The molecular weight excluding hydrogens is 447 g/mol. The predicted molar refractivity (Wildman–Crippen MR) is 113 cm³/mol. The molecule has 2 heterocycles. The van der Waals surface area contributed by atoms with Gasteiger partial charge in [-0.15, -0.1) is 24.0 Å². The van der Waals surface area contributed by atoms with Gasteiger partial charge in [0.15, 0.2) is 5.96 Å². The van der Waals surface area contributed by atoms with Gasteiger partial charge in [-0.05, 0) is 37.5 Å². The molecule has 0 spiro atoms. The number of pyridine rings is 1. The maximum absolute atomic E-state index is 10.2. The lowest BCUT2D eigenvalue weighted by atomic mass is 10.1. The first-order valence-electron chi connectivity index (χ1n) is 9.05. The van der Waals surface area contributed by atoms with Crippen molar-refractivity contribution in [1.29, 1.82) is 0 Å². The van der Waals surface area contributed by atoms with Crippen LogP contribution in [0.3, 0.4) is 0 Å². The molecule has 0 radical (unpaired) electrons. The van der Waals surface area contributed by atoms with Crippen LogP contribution in [0.1, 0.15) is 31.4 Å². The highest BCUT2D eigenvalue weighted by Gasteiger charge is 2.15. The number of rotatable bonds is 10. The number of aromatic nitrogens is 1. The number of hydrogen-bond acceptors (Lipinski definition) is 5. The first kappa shape index (κ1) is 23.1. The quantitative estimate of drug-likeness (QED) is 0.206. The van der Waals surface area contributed by atoms with Crippen LogP contribution in [0.2, 0.25) is 0 Å². The number of aliphatic hydroxyl groups is 1. The molecule has 1 aliphatic heterocycles. The summed E-state index contributed by atoms with van der Waals surface area (Å²) in [5.41, 5.74) is 0.818. The lowest BCUT2D eigenvalue weighted by Crippen LogP contribution is -2.38. The Morgan fingerprint density at radius 2 is 2.23 bits per heavy atom. The predicted octanol–water partition coefficient (Wildman–Crippen LogP) is 1.73. The van der Waals surface area contributed by atoms with E-state index >= 15 is 0 Å². The standard InChI is InChI=1S/C18H30N4O3.HI/c1-2-20-18(22-12-17(23)16-4-8-19-9-5-16)21-7-3-10-24-13-15-6-11-25-14-15;/h4-5,8-9,15,17,23H,2-3,6-7,10-14H2,1H3,(H2,20,21,22);1H. The largest absolute Gasteiger partial charge is 0.386 e. The van der Waals surface area contributed by atoms with Crippen molar-refractivity contribution in [1.82, 2.24) is 15.6 Å². The average molecular weight is 478 g/mol. The monoisotopic (exact) mass is 478 g/mol. The molecule has 2 atom stereocenters. The van der Waals surface area contributed by atoms with Crippen molar-refractivity contribution >= 4 is 29.9 Å². The molecular formula is C18H31IN4O3. The fourth-order valence-corrected chi connectivity index (χ4v) is 2.56. The summed E-state index contributed by atoms with van der Waals surface area (Å²) in [6, 6.07) is 3.60. The van der Waals surface area contributed by atoms with Gasteiger partial charge in [-0.3, -0.25) is 9.98 Å². The minimum absolute atomic E-state index is 0. The third-order valence-corrected chi connectivity index (χ3v) is 3.99. The summed E-state index contributed by atoms with van der Waals surface area (Å²) in [4.78, 5) is 8.39. The van der Waals surface area contributed by atoms with Crippen LogP contribution in [0.4, 0.5) is 0 Å². The lowest BCUT2D eigenvalue weighted by molar-refractivity contribution is 0.0888. The van der Waals surface area contributed by atoms with E-state index in [4.69, 9.17) is 9.47 Å². The van der Waals surface area contributed by atoms with Crippen molar-refractivity contribution in [2.45, 2.75) is 25.9 Å². The minimum atomic E-state index is -0.629. The first-order valence-corrected chi connectivity index (χ1v) is 9.05. The Hall–Kier alpha value is -0.970. The van der Waals surface area contributed by atoms with Gasteiger partial charge in [-0.25, -0.2) is 0 Å². The van der Waals surface area contributed by atoms with Crippen LogP contribution in [0, 0.1) is 5.92 Å². The molecule has 2 unspecified atom stereocenters. The normalized spacial score (nSPS) is 18.2. The van der Waals surface area contributed by atoms with Crippen molar-refractivity contribution < 1.29 is 14.6 Å². The van der Waals surface area contributed by atoms with Gasteiger partial charge >= 0.3 is 0 Å². The Morgan fingerprint density at radius 3 is 2.92 bits per heavy atom. The van der Waals surface area contributed by atoms with Gasteiger partial charge in [-0.1, -0.05) is 0 Å². The maximum Gasteiger partial charge on any atom is 0.191 e. The third kappa shape index (κ3) is 9.11. The number of halogens is 1. The number of nitrogens with zero attached hydrogens (tertiary/aromatic N) is 2. The van der Waals surface area contributed by atoms with Gasteiger partial charge in [-0.2, -0.15) is 0 Å². The summed E-state index contributed by atoms with van der Waals surface area (Å²) in [6.07, 6.45) is 4.72. The fraction of sp³-hybridized carbons (Fsp3) is 0.667. The molecule has 2 rings (SSSR count). The summed E-state index contributed by atoms with van der Waals surface area (Å²) in [6.45, 7) is 7.07. The molecule has 0 aromatic carbocycles. The van der Waals surface area contributed by atoms with Crippen LogP contribution in [-0.4, -0.2) is 62.1 Å². The highest BCUT2D eigenvalue weighted by molar-refractivity contribution is 14.0. The number of hydrogen-bond donors (Lipinski definition) is 3. The van der Waals surface area contributed by atoms with E-state index < -0.39 is 6.10 Å². The molecule has 26 heavy (non-hydrogen) atoms. The zero-order valence-electron chi connectivity index (χ0n) is 15.4. The number of aliphatic imine (C=N–C) groups is 1. The zero-order chi connectivity index (χ0) is 17.7. The Bertz CT molecular complexity index is 498. The second kappa shape index (κ2) is 14.1. The van der Waals surface area contributed by atoms with Gasteiger partial charge < -0.3 is 25.2 Å². The van der Waals surface area contributed by atoms with E-state index in [-0.39, 0.29) is 24.0 Å². The van der Waals surface area contributed by atoms with E-state index in [1.165, 1.54) is 0 Å². The van der Waals surface area contributed by atoms with Crippen molar-refractivity contribution in [2.75, 3.05) is 46.1 Å². The molecule has 7 nitrogen and oxygen atoms in total. The maximum atomic E-state index is 10.2. The van der Waals surface area contributed by atoms with Crippen LogP contribution in [0.25, 0.3) is 0 Å². The van der Waals surface area contributed by atoms with Crippen LogP contribution in [0.5, 0.6) is 0 Å². The Balaban J connectivity index is 0.00000338. The molecule has 3 N–H and O–H groups in total. The molecule has 0 bridgehead atoms. The van der Waals surface area contributed by atoms with Crippen LogP contribution >= 0.6 is 24.0 Å². The van der Waals surface area contributed by atoms with Crippen LogP contribution < -0.4 is 10.6 Å². The van der Waals surface area contributed by atoms with E-state index in [1.807, 2.05) is 6.92 Å². The molecule has 0 saturated carbocycles. The summed E-state index contributed by atoms with van der Waals surface area (Å²) >= 11 is 0. The summed E-state index contributed by atoms with van der Waals surface area (Å²) in [5, 5.41) is 16.6. The number of guanidine groups is 1. The summed E-state index contributed by atoms with van der Waals surface area (Å²) < 4.78 is 11.0. The van der Waals surface area contributed by atoms with Gasteiger partial charge in [0.2, 0.25) is 0 Å². The van der Waals surface area contributed by atoms with E-state index in [0.717, 1.165) is 57.9 Å². The molecule has 0 amide bonds. The van der Waals surface area contributed by atoms with Gasteiger partial charge in [0.25, 0.3) is 0 Å². The second-order valence-corrected chi connectivity index (χ2v) is 6.10. The Labute approximate surface area is 173 Å². The highest BCUT2D eigenvalue weighted by Crippen LogP contribution is 2.12. The van der Waals surface area contributed by atoms with Crippen molar-refractivity contribution in [3.05, 3.63) is 30.1 Å². The van der Waals surface area contributed by atoms with Crippen LogP contribution in [0.15, 0.2) is 29.5 Å². The SMILES string of the molecule is CCNC(=NCC(O)c1ccncc1)NCCCOCC1CCOC1.I. The third-order valence-electron chi connectivity index (χ3n) is 3.99. The molecule has 148 valence electrons. The van der Waals surface area contributed by atoms with E-state index in [1.54, 1.807) is 24.5 Å². The fourth-order valence-electron chi connectivity index (χ4n) is 2.56. The smallest absolute Gasteiger partial charge is 0.191 e. The topological polar surface area (TPSA) is 88.0 Å². The number of ether oxygens (including phenoxy) is 2. The zero-order valence-corrected chi connectivity index (χ0v) is 17.7. The Kier molecular flexibility index (Phi) is 12.5. The van der Waals surface area contributed by atoms with Crippen LogP contribution in [-0.2, 0) is 9.47 Å². The lowest BCUT2D eigenvalue weighted by Gasteiger charge is -2.13. The molecule has 1 aromatic rings. The van der Waals surface area contributed by atoms with Gasteiger partial charge in [0.05, 0.1) is 25.9 Å². The van der Waals surface area contributed by atoms with Gasteiger partial charge in [0.1, 0.15) is 0 Å². The average Bonchev–Trinajstić information content (AvgIpc) is 3.16. The molecule has 1 saturated heterocycles. The summed E-state index contributed by atoms with van der Waals surface area (Å²) in [5.74, 6) is 1.27.